The molecule has 0 saturated heterocycles. The molecule has 0 spiro atoms. The molecular weight excluding hydrogens is 296 g/mol. The number of hydrogen-bond donors (Lipinski definition) is 2. The first-order chi connectivity index (χ1) is 11.8. The standard InChI is InChI=1S/C21H20N2O/c24-15-14-22-20-10-6-18(7-11-20)19-8-12-21(13-9-19)23-16-17-4-2-1-3-5-17/h1-13,16,22,24H,14-15H2. The first-order valence-electron chi connectivity index (χ1n) is 7.99. The highest BCUT2D eigenvalue weighted by molar-refractivity contribution is 5.82. The third-order valence-corrected chi connectivity index (χ3v) is 3.69. The highest BCUT2D eigenvalue weighted by Gasteiger charge is 1.98. The molecule has 24 heavy (non-hydrogen) atoms. The second-order valence-electron chi connectivity index (χ2n) is 5.44. The molecule has 2 N–H and O–H groups in total. The van der Waals surface area contributed by atoms with Crippen molar-refractivity contribution >= 4 is 17.6 Å². The van der Waals surface area contributed by atoms with Gasteiger partial charge in [-0.2, -0.15) is 0 Å². The molecule has 120 valence electrons. The minimum atomic E-state index is 0.132. The molecular formula is C21H20N2O. The summed E-state index contributed by atoms with van der Waals surface area (Å²) in [7, 11) is 0. The molecule has 0 atom stereocenters. The Balaban J connectivity index is 1.69. The van der Waals surface area contributed by atoms with Gasteiger partial charge in [-0.05, 0) is 41.0 Å². The van der Waals surface area contributed by atoms with E-state index in [-0.39, 0.29) is 6.61 Å². The monoisotopic (exact) mass is 316 g/mol. The van der Waals surface area contributed by atoms with Crippen molar-refractivity contribution in [2.24, 2.45) is 4.99 Å². The van der Waals surface area contributed by atoms with E-state index < -0.39 is 0 Å². The van der Waals surface area contributed by atoms with E-state index in [1.807, 2.05) is 60.8 Å². The lowest BCUT2D eigenvalue weighted by molar-refractivity contribution is 0.311. The molecule has 0 aliphatic heterocycles. The van der Waals surface area contributed by atoms with Crippen LogP contribution in [0.15, 0.2) is 83.9 Å². The van der Waals surface area contributed by atoms with Crippen LogP contribution in [0.4, 0.5) is 11.4 Å². The predicted octanol–water partition coefficient (Wildman–Crippen LogP) is 4.51. The molecule has 3 rings (SSSR count). The number of hydrogen-bond acceptors (Lipinski definition) is 3. The fourth-order valence-electron chi connectivity index (χ4n) is 2.41. The largest absolute Gasteiger partial charge is 0.395 e. The third-order valence-electron chi connectivity index (χ3n) is 3.69. The van der Waals surface area contributed by atoms with Gasteiger partial charge in [-0.3, -0.25) is 4.99 Å². The summed E-state index contributed by atoms with van der Waals surface area (Å²) < 4.78 is 0. The molecule has 0 aliphatic carbocycles. The van der Waals surface area contributed by atoms with Crippen LogP contribution in [0.3, 0.4) is 0 Å². The molecule has 3 heteroatoms. The Morgan fingerprint density at radius 2 is 1.42 bits per heavy atom. The van der Waals surface area contributed by atoms with Gasteiger partial charge in [-0.1, -0.05) is 54.6 Å². The molecule has 0 amide bonds. The number of aliphatic imine (C=N–C) groups is 1. The summed E-state index contributed by atoms with van der Waals surface area (Å²) in [4.78, 5) is 4.50. The van der Waals surface area contributed by atoms with Crippen LogP contribution in [0.5, 0.6) is 0 Å². The molecule has 3 nitrogen and oxygen atoms in total. The van der Waals surface area contributed by atoms with Crippen molar-refractivity contribution in [2.45, 2.75) is 0 Å². The minimum Gasteiger partial charge on any atom is -0.395 e. The van der Waals surface area contributed by atoms with Crippen molar-refractivity contribution in [3.05, 3.63) is 84.4 Å². The highest BCUT2D eigenvalue weighted by atomic mass is 16.3. The van der Waals surface area contributed by atoms with Gasteiger partial charge in [0.1, 0.15) is 0 Å². The fourth-order valence-corrected chi connectivity index (χ4v) is 2.41. The van der Waals surface area contributed by atoms with Crippen molar-refractivity contribution in [1.82, 2.24) is 0 Å². The van der Waals surface area contributed by atoms with E-state index >= 15 is 0 Å². The molecule has 0 aliphatic rings. The average Bonchev–Trinajstić information content (AvgIpc) is 2.66. The predicted molar refractivity (Wildman–Crippen MR) is 101 cm³/mol. The maximum atomic E-state index is 8.83. The van der Waals surface area contributed by atoms with E-state index in [2.05, 4.69) is 34.6 Å². The summed E-state index contributed by atoms with van der Waals surface area (Å²) in [6, 6.07) is 26.4. The van der Waals surface area contributed by atoms with Gasteiger partial charge < -0.3 is 10.4 Å². The van der Waals surface area contributed by atoms with Crippen molar-refractivity contribution in [3.8, 4) is 11.1 Å². The van der Waals surface area contributed by atoms with Gasteiger partial charge >= 0.3 is 0 Å². The molecule has 3 aromatic carbocycles. The van der Waals surface area contributed by atoms with E-state index in [0.717, 1.165) is 28.1 Å². The van der Waals surface area contributed by atoms with Crippen molar-refractivity contribution in [2.75, 3.05) is 18.5 Å². The van der Waals surface area contributed by atoms with Crippen LogP contribution in [0.2, 0.25) is 0 Å². The van der Waals surface area contributed by atoms with E-state index in [1.54, 1.807) is 0 Å². The van der Waals surface area contributed by atoms with Crippen LogP contribution in [0.1, 0.15) is 5.56 Å². The third kappa shape index (κ3) is 4.31. The first kappa shape index (κ1) is 16.0. The van der Waals surface area contributed by atoms with Crippen LogP contribution in [0.25, 0.3) is 11.1 Å². The molecule has 0 saturated carbocycles. The van der Waals surface area contributed by atoms with Crippen molar-refractivity contribution < 1.29 is 5.11 Å². The van der Waals surface area contributed by atoms with E-state index in [0.29, 0.717) is 6.54 Å². The summed E-state index contributed by atoms with van der Waals surface area (Å²) in [5, 5.41) is 12.0. The van der Waals surface area contributed by atoms with Gasteiger partial charge in [-0.15, -0.1) is 0 Å². The van der Waals surface area contributed by atoms with Crippen molar-refractivity contribution in [1.29, 1.82) is 0 Å². The van der Waals surface area contributed by atoms with Gasteiger partial charge in [0.2, 0.25) is 0 Å². The van der Waals surface area contributed by atoms with E-state index in [9.17, 15) is 0 Å². The molecule has 0 radical (unpaired) electrons. The Kier molecular flexibility index (Phi) is 5.38. The first-order valence-corrected chi connectivity index (χ1v) is 7.99. The summed E-state index contributed by atoms with van der Waals surface area (Å²) in [5.41, 5.74) is 5.35. The van der Waals surface area contributed by atoms with Gasteiger partial charge in [0.25, 0.3) is 0 Å². The van der Waals surface area contributed by atoms with Crippen LogP contribution < -0.4 is 5.32 Å². The lowest BCUT2D eigenvalue weighted by Crippen LogP contribution is -2.04. The summed E-state index contributed by atoms with van der Waals surface area (Å²) in [6.45, 7) is 0.695. The minimum absolute atomic E-state index is 0.132. The molecule has 0 unspecified atom stereocenters. The Morgan fingerprint density at radius 1 is 0.792 bits per heavy atom. The highest BCUT2D eigenvalue weighted by Crippen LogP contribution is 2.24. The molecule has 0 aromatic heterocycles. The second kappa shape index (κ2) is 8.09. The second-order valence-corrected chi connectivity index (χ2v) is 5.44. The Labute approximate surface area is 142 Å². The fraction of sp³-hybridized carbons (Fsp3) is 0.0952. The number of nitrogens with zero attached hydrogens (tertiary/aromatic N) is 1. The molecule has 0 fully saturated rings. The number of benzene rings is 3. The Hall–Kier alpha value is -2.91. The van der Waals surface area contributed by atoms with Gasteiger partial charge in [0.05, 0.1) is 12.3 Å². The number of aliphatic hydroxyl groups excluding tert-OH is 1. The van der Waals surface area contributed by atoms with Crippen molar-refractivity contribution in [3.63, 3.8) is 0 Å². The lowest BCUT2D eigenvalue weighted by atomic mass is 10.1. The number of rotatable bonds is 6. The SMILES string of the molecule is OCCNc1ccc(-c2ccc(N=Cc3ccccc3)cc2)cc1. The summed E-state index contributed by atoms with van der Waals surface area (Å²) in [5.74, 6) is 0. The van der Waals surface area contributed by atoms with Crippen LogP contribution in [0, 0.1) is 0 Å². The smallest absolute Gasteiger partial charge is 0.0630 e. The Bertz CT molecular complexity index is 778. The number of aliphatic hydroxyl groups is 1. The topological polar surface area (TPSA) is 44.6 Å². The zero-order valence-corrected chi connectivity index (χ0v) is 13.4. The summed E-state index contributed by atoms with van der Waals surface area (Å²) >= 11 is 0. The van der Waals surface area contributed by atoms with Gasteiger partial charge in [0.15, 0.2) is 0 Å². The van der Waals surface area contributed by atoms with Gasteiger partial charge in [-0.25, -0.2) is 0 Å². The maximum Gasteiger partial charge on any atom is 0.0630 e. The molecule has 3 aromatic rings. The van der Waals surface area contributed by atoms with Crippen LogP contribution in [-0.4, -0.2) is 24.5 Å². The summed E-state index contributed by atoms with van der Waals surface area (Å²) in [6.07, 6.45) is 1.87. The average molecular weight is 316 g/mol. The quantitative estimate of drug-likeness (QED) is 0.657. The zero-order valence-electron chi connectivity index (χ0n) is 13.4. The maximum absolute atomic E-state index is 8.83. The Morgan fingerprint density at radius 3 is 2.04 bits per heavy atom. The van der Waals surface area contributed by atoms with Gasteiger partial charge in [0, 0.05) is 18.4 Å². The normalized spacial score (nSPS) is 10.9. The lowest BCUT2D eigenvalue weighted by Gasteiger charge is -2.06. The van der Waals surface area contributed by atoms with E-state index in [4.69, 9.17) is 5.11 Å². The number of anilines is 1. The van der Waals surface area contributed by atoms with E-state index in [1.165, 1.54) is 0 Å². The molecule has 0 heterocycles. The van der Waals surface area contributed by atoms with Crippen LogP contribution >= 0.6 is 0 Å². The zero-order chi connectivity index (χ0) is 16.6. The molecule has 0 bridgehead atoms. The number of nitrogens with one attached hydrogen (secondary N) is 1. The van der Waals surface area contributed by atoms with Crippen LogP contribution in [-0.2, 0) is 0 Å².